The highest BCUT2D eigenvalue weighted by Gasteiger charge is 2.33. The van der Waals surface area contributed by atoms with Gasteiger partial charge in [-0.3, -0.25) is 4.79 Å². The summed E-state index contributed by atoms with van der Waals surface area (Å²) in [6, 6.07) is 7.00. The van der Waals surface area contributed by atoms with E-state index < -0.39 is 5.91 Å². The second-order valence-corrected chi connectivity index (χ2v) is 5.88. The van der Waals surface area contributed by atoms with Crippen LogP contribution in [0.3, 0.4) is 0 Å². The van der Waals surface area contributed by atoms with E-state index in [1.807, 2.05) is 12.1 Å². The normalized spacial score (nSPS) is 29.2. The minimum Gasteiger partial charge on any atom is -0.382 e. The van der Waals surface area contributed by atoms with Crippen molar-refractivity contribution in [1.82, 2.24) is 5.32 Å². The van der Waals surface area contributed by atoms with E-state index in [-0.39, 0.29) is 0 Å². The molecule has 4 nitrogen and oxygen atoms in total. The molecule has 1 aromatic rings. The Balaban J connectivity index is 1.80. The van der Waals surface area contributed by atoms with Gasteiger partial charge in [0.05, 0.1) is 10.6 Å². The summed E-state index contributed by atoms with van der Waals surface area (Å²) in [5.41, 5.74) is 6.57. The average molecular weight is 280 g/mol. The van der Waals surface area contributed by atoms with Crippen molar-refractivity contribution in [2.45, 2.75) is 43.8 Å². The topological polar surface area (TPSA) is 67.2 Å². The second-order valence-electron chi connectivity index (χ2n) is 5.48. The van der Waals surface area contributed by atoms with E-state index in [4.69, 9.17) is 17.3 Å². The van der Waals surface area contributed by atoms with Crippen LogP contribution in [0.4, 0.5) is 5.69 Å². The summed E-state index contributed by atoms with van der Waals surface area (Å²) in [5.74, 6) is -0.481. The molecule has 2 fully saturated rings. The van der Waals surface area contributed by atoms with Crippen LogP contribution in [0.15, 0.2) is 18.2 Å². The minimum absolute atomic E-state index is 0.385. The Morgan fingerprint density at radius 2 is 2.00 bits per heavy atom. The molecule has 2 bridgehead atoms. The molecule has 2 heterocycles. The van der Waals surface area contributed by atoms with Crippen molar-refractivity contribution in [3.8, 4) is 0 Å². The number of carbonyl (C=O) groups is 1. The molecular weight excluding hydrogens is 262 g/mol. The maximum Gasteiger partial charge on any atom is 0.252 e. The highest BCUT2D eigenvalue weighted by molar-refractivity contribution is 6.34. The van der Waals surface area contributed by atoms with E-state index in [9.17, 15) is 4.79 Å². The van der Waals surface area contributed by atoms with Gasteiger partial charge >= 0.3 is 0 Å². The Hall–Kier alpha value is -1.26. The summed E-state index contributed by atoms with van der Waals surface area (Å²) in [6.45, 7) is 0. The molecule has 2 saturated heterocycles. The molecule has 2 atom stereocenters. The van der Waals surface area contributed by atoms with Gasteiger partial charge in [-0.1, -0.05) is 17.7 Å². The van der Waals surface area contributed by atoms with Gasteiger partial charge in [-0.2, -0.15) is 0 Å². The van der Waals surface area contributed by atoms with Gasteiger partial charge in [-0.05, 0) is 37.8 Å². The van der Waals surface area contributed by atoms with E-state index in [0.29, 0.717) is 28.7 Å². The molecule has 3 rings (SSSR count). The number of rotatable bonds is 3. The summed E-state index contributed by atoms with van der Waals surface area (Å²) in [4.78, 5) is 11.5. The molecular formula is C14H18ClN3O. The van der Waals surface area contributed by atoms with Gasteiger partial charge in [0.25, 0.3) is 5.91 Å². The molecule has 4 N–H and O–H groups in total. The summed E-state index contributed by atoms with van der Waals surface area (Å²) < 4.78 is 0. The zero-order valence-electron chi connectivity index (χ0n) is 10.7. The largest absolute Gasteiger partial charge is 0.382 e. The third kappa shape index (κ3) is 2.55. The van der Waals surface area contributed by atoms with Crippen LogP contribution in [0.5, 0.6) is 0 Å². The Morgan fingerprint density at radius 1 is 1.32 bits per heavy atom. The number of halogens is 1. The van der Waals surface area contributed by atoms with E-state index >= 15 is 0 Å². The van der Waals surface area contributed by atoms with Crippen LogP contribution in [0.1, 0.15) is 36.0 Å². The fourth-order valence-corrected chi connectivity index (χ4v) is 3.56. The van der Waals surface area contributed by atoms with Crippen LogP contribution >= 0.6 is 11.6 Å². The maximum atomic E-state index is 11.5. The average Bonchev–Trinajstić information content (AvgIpc) is 2.68. The molecule has 5 heteroatoms. The lowest BCUT2D eigenvalue weighted by atomic mass is 9.99. The van der Waals surface area contributed by atoms with Crippen LogP contribution in [0, 0.1) is 0 Å². The van der Waals surface area contributed by atoms with Gasteiger partial charge in [0.15, 0.2) is 0 Å². The summed E-state index contributed by atoms with van der Waals surface area (Å²) in [5, 5.41) is 7.46. The van der Waals surface area contributed by atoms with Gasteiger partial charge in [-0.25, -0.2) is 0 Å². The first kappa shape index (κ1) is 12.8. The lowest BCUT2D eigenvalue weighted by molar-refractivity contribution is 0.100. The third-order valence-corrected chi connectivity index (χ3v) is 4.41. The number of amides is 1. The van der Waals surface area contributed by atoms with Gasteiger partial charge in [0.2, 0.25) is 0 Å². The Kier molecular flexibility index (Phi) is 3.37. The number of carbonyl (C=O) groups excluding carboxylic acids is 1. The summed E-state index contributed by atoms with van der Waals surface area (Å²) >= 11 is 6.06. The molecule has 19 heavy (non-hydrogen) atoms. The fourth-order valence-electron chi connectivity index (χ4n) is 3.29. The molecule has 102 valence electrons. The van der Waals surface area contributed by atoms with Crippen LogP contribution in [-0.2, 0) is 0 Å². The predicted octanol–water partition coefficient (Wildman–Crippen LogP) is 2.13. The SMILES string of the molecule is NC(=O)c1c(Cl)cccc1NC1CC2CCC(C1)N2. The standard InChI is InChI=1S/C14H18ClN3O/c15-11-2-1-3-12(13(11)14(16)19)18-10-6-8-4-5-9(7-10)17-8/h1-3,8-10,17-18H,4-7H2,(H2,16,19). The van der Waals surface area contributed by atoms with Crippen molar-refractivity contribution in [1.29, 1.82) is 0 Å². The van der Waals surface area contributed by atoms with E-state index in [1.54, 1.807) is 6.07 Å². The number of primary amides is 1. The first-order valence-corrected chi connectivity index (χ1v) is 7.12. The Labute approximate surface area is 117 Å². The number of piperidine rings is 1. The van der Waals surface area contributed by atoms with Gasteiger partial charge < -0.3 is 16.4 Å². The molecule has 2 aliphatic heterocycles. The lowest BCUT2D eigenvalue weighted by Crippen LogP contribution is -2.43. The molecule has 0 radical (unpaired) electrons. The maximum absolute atomic E-state index is 11.5. The van der Waals surface area contributed by atoms with Crippen LogP contribution < -0.4 is 16.4 Å². The minimum atomic E-state index is -0.481. The van der Waals surface area contributed by atoms with E-state index in [0.717, 1.165) is 18.5 Å². The number of nitrogens with two attached hydrogens (primary N) is 1. The van der Waals surface area contributed by atoms with Crippen molar-refractivity contribution in [2.24, 2.45) is 5.73 Å². The monoisotopic (exact) mass is 279 g/mol. The second kappa shape index (κ2) is 5.02. The molecule has 0 spiro atoms. The number of benzene rings is 1. The first-order chi connectivity index (χ1) is 9.13. The first-order valence-electron chi connectivity index (χ1n) is 6.74. The molecule has 1 amide bonds. The number of fused-ring (bicyclic) bond motifs is 2. The van der Waals surface area contributed by atoms with Crippen molar-refractivity contribution in [3.63, 3.8) is 0 Å². The molecule has 2 unspecified atom stereocenters. The third-order valence-electron chi connectivity index (χ3n) is 4.09. The predicted molar refractivity (Wildman–Crippen MR) is 76.6 cm³/mol. The smallest absolute Gasteiger partial charge is 0.252 e. The number of hydrogen-bond donors (Lipinski definition) is 3. The molecule has 0 saturated carbocycles. The lowest BCUT2D eigenvalue weighted by Gasteiger charge is -2.31. The zero-order valence-corrected chi connectivity index (χ0v) is 11.4. The van der Waals surface area contributed by atoms with Crippen LogP contribution in [-0.4, -0.2) is 24.0 Å². The summed E-state index contributed by atoms with van der Waals surface area (Å²) in [6.07, 6.45) is 4.67. The number of anilines is 1. The van der Waals surface area contributed by atoms with Crippen molar-refractivity contribution < 1.29 is 4.79 Å². The van der Waals surface area contributed by atoms with Gasteiger partial charge in [0, 0.05) is 23.8 Å². The highest BCUT2D eigenvalue weighted by Crippen LogP contribution is 2.31. The van der Waals surface area contributed by atoms with E-state index in [1.165, 1.54) is 12.8 Å². The fraction of sp³-hybridized carbons (Fsp3) is 0.500. The zero-order chi connectivity index (χ0) is 13.4. The molecule has 0 aliphatic carbocycles. The number of hydrogen-bond acceptors (Lipinski definition) is 3. The Bertz CT molecular complexity index is 493. The highest BCUT2D eigenvalue weighted by atomic mass is 35.5. The van der Waals surface area contributed by atoms with Crippen LogP contribution in [0.25, 0.3) is 0 Å². The van der Waals surface area contributed by atoms with Crippen molar-refractivity contribution >= 4 is 23.2 Å². The van der Waals surface area contributed by atoms with Crippen molar-refractivity contribution in [2.75, 3.05) is 5.32 Å². The molecule has 2 aliphatic rings. The number of nitrogens with one attached hydrogen (secondary N) is 2. The quantitative estimate of drug-likeness (QED) is 0.794. The van der Waals surface area contributed by atoms with Gasteiger partial charge in [0.1, 0.15) is 0 Å². The van der Waals surface area contributed by atoms with Gasteiger partial charge in [-0.15, -0.1) is 0 Å². The molecule has 0 aromatic heterocycles. The molecule has 1 aromatic carbocycles. The van der Waals surface area contributed by atoms with E-state index in [2.05, 4.69) is 10.6 Å². The van der Waals surface area contributed by atoms with Crippen LogP contribution in [0.2, 0.25) is 5.02 Å². The summed E-state index contributed by atoms with van der Waals surface area (Å²) in [7, 11) is 0. The van der Waals surface area contributed by atoms with Crippen molar-refractivity contribution in [3.05, 3.63) is 28.8 Å². The Morgan fingerprint density at radius 3 is 2.63 bits per heavy atom.